The van der Waals surface area contributed by atoms with Crippen LogP contribution in [0.15, 0.2) is 70.2 Å². The van der Waals surface area contributed by atoms with Gasteiger partial charge < -0.3 is 10.6 Å². The molecule has 7 nitrogen and oxygen atoms in total. The van der Waals surface area contributed by atoms with Crippen molar-refractivity contribution in [3.8, 4) is 17.3 Å². The van der Waals surface area contributed by atoms with Gasteiger partial charge in [0.15, 0.2) is 0 Å². The van der Waals surface area contributed by atoms with Crippen LogP contribution in [-0.4, -0.2) is 15.9 Å². The molecular formula is C22H14ClN5O2S. The van der Waals surface area contributed by atoms with Crippen molar-refractivity contribution >= 4 is 46.2 Å². The van der Waals surface area contributed by atoms with Crippen molar-refractivity contribution in [3.63, 3.8) is 0 Å². The minimum atomic E-state index is -0.557. The minimum Gasteiger partial charge on any atom is -0.326 e. The Hall–Kier alpha value is -3.93. The molecule has 152 valence electrons. The second-order valence-electron chi connectivity index (χ2n) is 6.43. The second-order valence-corrected chi connectivity index (χ2v) is 7.64. The average Bonchev–Trinajstić information content (AvgIpc) is 3.31. The molecule has 1 amide bonds. The smallest absolute Gasteiger partial charge is 0.270 e. The van der Waals surface area contributed by atoms with E-state index in [0.29, 0.717) is 27.5 Å². The number of nitrogens with one attached hydrogen (secondary N) is 3. The Morgan fingerprint density at radius 1 is 1.06 bits per heavy atom. The maximum absolute atomic E-state index is 12.4. The highest BCUT2D eigenvalue weighted by atomic mass is 35.5. The molecule has 4 rings (SSSR count). The third-order valence-electron chi connectivity index (χ3n) is 4.34. The summed E-state index contributed by atoms with van der Waals surface area (Å²) >= 11 is 7.34. The Bertz CT molecular complexity index is 1320. The molecular weight excluding hydrogens is 434 g/mol. The van der Waals surface area contributed by atoms with Crippen LogP contribution in [0.2, 0.25) is 5.02 Å². The topological polar surface area (TPSA) is 111 Å². The van der Waals surface area contributed by atoms with Crippen LogP contribution in [0.4, 0.5) is 17.3 Å². The lowest BCUT2D eigenvalue weighted by molar-refractivity contribution is 0.102. The molecule has 0 aliphatic carbocycles. The van der Waals surface area contributed by atoms with E-state index in [-0.39, 0.29) is 23.1 Å². The molecule has 2 aromatic heterocycles. The molecule has 0 fully saturated rings. The van der Waals surface area contributed by atoms with E-state index in [4.69, 9.17) is 11.6 Å². The lowest BCUT2D eigenvalue weighted by atomic mass is 10.1. The molecule has 0 aliphatic heterocycles. The zero-order valence-corrected chi connectivity index (χ0v) is 17.4. The van der Waals surface area contributed by atoms with Crippen molar-refractivity contribution in [2.75, 3.05) is 10.6 Å². The van der Waals surface area contributed by atoms with Gasteiger partial charge in [-0.25, -0.2) is 4.98 Å². The summed E-state index contributed by atoms with van der Waals surface area (Å²) < 4.78 is 0. The van der Waals surface area contributed by atoms with Crippen LogP contribution in [0.3, 0.4) is 0 Å². The first-order valence-electron chi connectivity index (χ1n) is 9.04. The summed E-state index contributed by atoms with van der Waals surface area (Å²) in [6.07, 6.45) is 0. The first-order valence-corrected chi connectivity index (χ1v) is 10.4. The fraction of sp³-hybridized carbons (Fsp3) is 0. The SMILES string of the molecule is N#Cc1c(-c2ccc(NC(=O)c3ccsc3)cc2)nc(Nc2ccc(Cl)cc2)[nH]c1=O. The number of rotatable bonds is 5. The number of nitrogens with zero attached hydrogens (tertiary/aromatic N) is 2. The maximum atomic E-state index is 12.4. The average molecular weight is 448 g/mol. The molecule has 0 atom stereocenters. The summed E-state index contributed by atoms with van der Waals surface area (Å²) in [6.45, 7) is 0. The lowest BCUT2D eigenvalue weighted by Gasteiger charge is -2.10. The Morgan fingerprint density at radius 2 is 1.77 bits per heavy atom. The van der Waals surface area contributed by atoms with E-state index in [0.717, 1.165) is 0 Å². The molecule has 0 spiro atoms. The van der Waals surface area contributed by atoms with E-state index >= 15 is 0 Å². The zero-order valence-electron chi connectivity index (χ0n) is 15.8. The number of anilines is 3. The Balaban J connectivity index is 1.62. The Morgan fingerprint density at radius 3 is 2.42 bits per heavy atom. The summed E-state index contributed by atoms with van der Waals surface area (Å²) in [6, 6.07) is 17.3. The van der Waals surface area contributed by atoms with Crippen molar-refractivity contribution in [1.29, 1.82) is 5.26 Å². The predicted octanol–water partition coefficient (Wildman–Crippen LogP) is 5.02. The van der Waals surface area contributed by atoms with Crippen LogP contribution in [0.25, 0.3) is 11.3 Å². The van der Waals surface area contributed by atoms with Gasteiger partial charge in [-0.2, -0.15) is 16.6 Å². The van der Waals surface area contributed by atoms with Gasteiger partial charge in [0.2, 0.25) is 5.95 Å². The van der Waals surface area contributed by atoms with E-state index in [1.54, 1.807) is 60.0 Å². The molecule has 0 unspecified atom stereocenters. The lowest BCUT2D eigenvalue weighted by Crippen LogP contribution is -2.16. The van der Waals surface area contributed by atoms with Gasteiger partial charge in [-0.15, -0.1) is 0 Å². The minimum absolute atomic E-state index is 0.100. The number of aromatic nitrogens is 2. The van der Waals surface area contributed by atoms with Crippen LogP contribution < -0.4 is 16.2 Å². The molecule has 31 heavy (non-hydrogen) atoms. The van der Waals surface area contributed by atoms with Gasteiger partial charge in [0.25, 0.3) is 11.5 Å². The van der Waals surface area contributed by atoms with Gasteiger partial charge in [0.05, 0.1) is 11.3 Å². The van der Waals surface area contributed by atoms with E-state index in [2.05, 4.69) is 20.6 Å². The number of thiophene rings is 1. The first-order chi connectivity index (χ1) is 15.0. The fourth-order valence-corrected chi connectivity index (χ4v) is 3.59. The summed E-state index contributed by atoms with van der Waals surface area (Å²) in [5.74, 6) is -0.0217. The van der Waals surface area contributed by atoms with Crippen LogP contribution in [0, 0.1) is 11.3 Å². The molecule has 9 heteroatoms. The molecule has 0 aliphatic rings. The molecule has 3 N–H and O–H groups in total. The van der Waals surface area contributed by atoms with Gasteiger partial charge in [-0.05, 0) is 47.8 Å². The normalized spacial score (nSPS) is 10.3. The van der Waals surface area contributed by atoms with Gasteiger partial charge in [-0.3, -0.25) is 14.6 Å². The Labute approximate surface area is 186 Å². The second kappa shape index (κ2) is 8.83. The van der Waals surface area contributed by atoms with Gasteiger partial charge in [0, 0.05) is 27.3 Å². The van der Waals surface area contributed by atoms with Gasteiger partial charge in [0.1, 0.15) is 11.6 Å². The Kier molecular flexibility index (Phi) is 5.80. The molecule has 0 saturated heterocycles. The van der Waals surface area contributed by atoms with Crippen molar-refractivity contribution in [1.82, 2.24) is 9.97 Å². The number of hydrogen-bond donors (Lipinski definition) is 3. The third kappa shape index (κ3) is 4.64. The molecule has 2 aromatic carbocycles. The van der Waals surface area contributed by atoms with Gasteiger partial charge >= 0.3 is 0 Å². The number of aromatic amines is 1. The number of halogens is 1. The van der Waals surface area contributed by atoms with Crippen molar-refractivity contribution in [3.05, 3.63) is 91.9 Å². The van der Waals surface area contributed by atoms with Crippen LogP contribution >= 0.6 is 22.9 Å². The largest absolute Gasteiger partial charge is 0.326 e. The number of nitriles is 1. The van der Waals surface area contributed by atoms with E-state index in [1.165, 1.54) is 11.3 Å². The highest BCUT2D eigenvalue weighted by molar-refractivity contribution is 7.08. The number of H-pyrrole nitrogens is 1. The van der Waals surface area contributed by atoms with Crippen molar-refractivity contribution in [2.45, 2.75) is 0 Å². The first kappa shape index (κ1) is 20.3. The predicted molar refractivity (Wildman–Crippen MR) is 122 cm³/mol. The highest BCUT2D eigenvalue weighted by Crippen LogP contribution is 2.24. The third-order valence-corrected chi connectivity index (χ3v) is 5.27. The number of benzene rings is 2. The monoisotopic (exact) mass is 447 g/mol. The summed E-state index contributed by atoms with van der Waals surface area (Å²) in [7, 11) is 0. The molecule has 0 bridgehead atoms. The summed E-state index contributed by atoms with van der Waals surface area (Å²) in [4.78, 5) is 31.6. The quantitative estimate of drug-likeness (QED) is 0.398. The zero-order chi connectivity index (χ0) is 21.8. The number of hydrogen-bond acceptors (Lipinski definition) is 6. The molecule has 2 heterocycles. The molecule has 0 saturated carbocycles. The summed E-state index contributed by atoms with van der Waals surface area (Å²) in [5, 5.41) is 19.4. The van der Waals surface area contributed by atoms with E-state index < -0.39 is 5.56 Å². The van der Waals surface area contributed by atoms with Crippen LogP contribution in [-0.2, 0) is 0 Å². The number of carbonyl (C=O) groups excluding carboxylic acids is 1. The highest BCUT2D eigenvalue weighted by Gasteiger charge is 2.14. The van der Waals surface area contributed by atoms with Gasteiger partial charge in [-0.1, -0.05) is 23.7 Å². The number of carbonyl (C=O) groups is 1. The van der Waals surface area contributed by atoms with Crippen molar-refractivity contribution in [2.24, 2.45) is 0 Å². The van der Waals surface area contributed by atoms with E-state index in [9.17, 15) is 14.9 Å². The number of amides is 1. The van der Waals surface area contributed by atoms with Crippen molar-refractivity contribution < 1.29 is 4.79 Å². The fourth-order valence-electron chi connectivity index (χ4n) is 2.82. The van der Waals surface area contributed by atoms with Crippen LogP contribution in [0.5, 0.6) is 0 Å². The molecule has 4 aromatic rings. The summed E-state index contributed by atoms with van der Waals surface area (Å²) in [5.41, 5.74) is 1.98. The van der Waals surface area contributed by atoms with E-state index in [1.807, 2.05) is 11.4 Å². The standard InChI is InChI=1S/C22H14ClN5O2S/c23-15-3-7-17(8-4-15)26-22-27-19(18(11-24)21(30)28-22)13-1-5-16(6-2-13)25-20(29)14-9-10-31-12-14/h1-10,12H,(H,25,29)(H2,26,27,28,30). The molecule has 0 radical (unpaired) electrons. The maximum Gasteiger partial charge on any atom is 0.270 e. The van der Waals surface area contributed by atoms with Crippen LogP contribution in [0.1, 0.15) is 15.9 Å².